The summed E-state index contributed by atoms with van der Waals surface area (Å²) in [5.41, 5.74) is 1.76. The van der Waals surface area contributed by atoms with Crippen LogP contribution in [0.2, 0.25) is 10.0 Å². The van der Waals surface area contributed by atoms with Crippen LogP contribution in [0.3, 0.4) is 0 Å². The van der Waals surface area contributed by atoms with E-state index in [0.717, 1.165) is 11.3 Å². The van der Waals surface area contributed by atoms with Crippen molar-refractivity contribution in [3.05, 3.63) is 45.7 Å². The van der Waals surface area contributed by atoms with Crippen LogP contribution in [0.4, 0.5) is 0 Å². The summed E-state index contributed by atoms with van der Waals surface area (Å²) in [6, 6.07) is 5.89. The molecule has 0 fully saturated rings. The molecule has 6 heteroatoms. The van der Waals surface area contributed by atoms with E-state index in [1.165, 1.54) is 0 Å². The van der Waals surface area contributed by atoms with Crippen molar-refractivity contribution in [2.24, 2.45) is 0 Å². The van der Waals surface area contributed by atoms with Crippen LogP contribution in [0, 0.1) is 0 Å². The number of nitrogens with zero attached hydrogens (tertiary/aromatic N) is 3. The summed E-state index contributed by atoms with van der Waals surface area (Å²) < 4.78 is 1.74. The maximum atomic E-state index is 6.13. The highest BCUT2D eigenvalue weighted by Crippen LogP contribution is 2.24. The number of hydrogen-bond donors (Lipinski definition) is 1. The molecule has 4 nitrogen and oxygen atoms in total. The fraction of sp³-hybridized carbons (Fsp3) is 0.385. The van der Waals surface area contributed by atoms with Crippen molar-refractivity contribution in [2.75, 3.05) is 0 Å². The van der Waals surface area contributed by atoms with Crippen LogP contribution in [0.15, 0.2) is 24.4 Å². The Kier molecular flexibility index (Phi) is 4.80. The lowest BCUT2D eigenvalue weighted by atomic mass is 10.2. The first-order valence-corrected chi connectivity index (χ1v) is 6.87. The standard InChI is InChI=1S/C13H16Cl2N4/c1-9(2)16-6-10-7-19(18-17-10)8-11-12(14)4-3-5-13(11)15/h3-5,7,9,16H,6,8H2,1-2H3. The Morgan fingerprint density at radius 2 is 1.95 bits per heavy atom. The lowest BCUT2D eigenvalue weighted by molar-refractivity contribution is 0.580. The van der Waals surface area contributed by atoms with Gasteiger partial charge in [-0.05, 0) is 12.1 Å². The summed E-state index contributed by atoms with van der Waals surface area (Å²) in [7, 11) is 0. The van der Waals surface area contributed by atoms with Crippen molar-refractivity contribution < 1.29 is 0 Å². The van der Waals surface area contributed by atoms with E-state index in [1.807, 2.05) is 24.4 Å². The van der Waals surface area contributed by atoms with Crippen LogP contribution in [0.5, 0.6) is 0 Å². The third kappa shape index (κ3) is 3.93. The Morgan fingerprint density at radius 3 is 2.58 bits per heavy atom. The van der Waals surface area contributed by atoms with Gasteiger partial charge in [0.05, 0.1) is 18.4 Å². The maximum Gasteiger partial charge on any atom is 0.0965 e. The van der Waals surface area contributed by atoms with Gasteiger partial charge in [0.15, 0.2) is 0 Å². The summed E-state index contributed by atoms with van der Waals surface area (Å²) in [4.78, 5) is 0. The van der Waals surface area contributed by atoms with Crippen LogP contribution in [0.25, 0.3) is 0 Å². The fourth-order valence-electron chi connectivity index (χ4n) is 1.65. The van der Waals surface area contributed by atoms with Crippen LogP contribution >= 0.6 is 23.2 Å². The van der Waals surface area contributed by atoms with E-state index >= 15 is 0 Å². The second-order valence-corrected chi connectivity index (χ2v) is 5.46. The van der Waals surface area contributed by atoms with Gasteiger partial charge in [0, 0.05) is 28.2 Å². The highest BCUT2D eigenvalue weighted by atomic mass is 35.5. The minimum atomic E-state index is 0.420. The Morgan fingerprint density at radius 1 is 1.26 bits per heavy atom. The molecule has 0 atom stereocenters. The van der Waals surface area contributed by atoms with Crippen LogP contribution in [-0.2, 0) is 13.1 Å². The average Bonchev–Trinajstić information content (AvgIpc) is 2.79. The largest absolute Gasteiger partial charge is 0.309 e. The Balaban J connectivity index is 2.07. The summed E-state index contributed by atoms with van der Waals surface area (Å²) in [5.74, 6) is 0. The zero-order valence-electron chi connectivity index (χ0n) is 10.9. The number of halogens is 2. The van der Waals surface area contributed by atoms with E-state index in [0.29, 0.717) is 29.2 Å². The zero-order valence-corrected chi connectivity index (χ0v) is 12.4. The van der Waals surface area contributed by atoms with E-state index in [-0.39, 0.29) is 0 Å². The molecule has 19 heavy (non-hydrogen) atoms. The lowest BCUT2D eigenvalue weighted by Gasteiger charge is -2.06. The molecule has 1 aromatic carbocycles. The van der Waals surface area contributed by atoms with E-state index < -0.39 is 0 Å². The first-order chi connectivity index (χ1) is 9.06. The molecular formula is C13H16Cl2N4. The molecule has 0 bridgehead atoms. The normalized spacial score (nSPS) is 11.2. The highest BCUT2D eigenvalue weighted by Gasteiger charge is 2.08. The maximum absolute atomic E-state index is 6.13. The number of hydrogen-bond acceptors (Lipinski definition) is 3. The summed E-state index contributed by atoms with van der Waals surface area (Å²) in [6.45, 7) is 5.41. The number of nitrogens with one attached hydrogen (secondary N) is 1. The Bertz CT molecular complexity index is 531. The summed E-state index contributed by atoms with van der Waals surface area (Å²) in [6.07, 6.45) is 1.90. The Labute approximate surface area is 122 Å². The van der Waals surface area contributed by atoms with E-state index in [9.17, 15) is 0 Å². The SMILES string of the molecule is CC(C)NCc1cn(Cc2c(Cl)cccc2Cl)nn1. The molecule has 0 saturated heterocycles. The second-order valence-electron chi connectivity index (χ2n) is 4.64. The van der Waals surface area contributed by atoms with Crippen LogP contribution in [-0.4, -0.2) is 21.0 Å². The van der Waals surface area contributed by atoms with Gasteiger partial charge in [-0.3, -0.25) is 0 Å². The molecule has 0 radical (unpaired) electrons. The molecule has 0 unspecified atom stereocenters. The molecule has 0 aliphatic rings. The molecule has 0 aliphatic carbocycles. The van der Waals surface area contributed by atoms with Crippen molar-refractivity contribution in [1.82, 2.24) is 20.3 Å². The van der Waals surface area contributed by atoms with Crippen molar-refractivity contribution in [2.45, 2.75) is 33.0 Å². The minimum Gasteiger partial charge on any atom is -0.309 e. The zero-order chi connectivity index (χ0) is 13.8. The van der Waals surface area contributed by atoms with Gasteiger partial charge in [-0.25, -0.2) is 4.68 Å². The topological polar surface area (TPSA) is 42.7 Å². The molecule has 1 heterocycles. The van der Waals surface area contributed by atoms with Gasteiger partial charge in [-0.15, -0.1) is 5.10 Å². The van der Waals surface area contributed by atoms with Gasteiger partial charge < -0.3 is 5.32 Å². The third-order valence-corrected chi connectivity index (χ3v) is 3.37. The molecular weight excluding hydrogens is 283 g/mol. The van der Waals surface area contributed by atoms with Crippen molar-refractivity contribution >= 4 is 23.2 Å². The molecule has 0 saturated carbocycles. The van der Waals surface area contributed by atoms with Gasteiger partial charge in [-0.2, -0.15) is 0 Å². The van der Waals surface area contributed by atoms with Crippen LogP contribution < -0.4 is 5.32 Å². The average molecular weight is 299 g/mol. The van der Waals surface area contributed by atoms with Gasteiger partial charge in [-0.1, -0.05) is 48.3 Å². The van der Waals surface area contributed by atoms with Crippen LogP contribution in [0.1, 0.15) is 25.1 Å². The van der Waals surface area contributed by atoms with Gasteiger partial charge in [0.1, 0.15) is 0 Å². The first-order valence-electron chi connectivity index (χ1n) is 6.11. The molecule has 2 rings (SSSR count). The number of rotatable bonds is 5. The second kappa shape index (κ2) is 6.37. The molecule has 1 N–H and O–H groups in total. The van der Waals surface area contributed by atoms with E-state index in [1.54, 1.807) is 4.68 Å². The predicted octanol–water partition coefficient (Wildman–Crippen LogP) is 3.13. The predicted molar refractivity (Wildman–Crippen MR) is 77.6 cm³/mol. The molecule has 0 aliphatic heterocycles. The third-order valence-electron chi connectivity index (χ3n) is 2.66. The fourth-order valence-corrected chi connectivity index (χ4v) is 2.17. The van der Waals surface area contributed by atoms with Gasteiger partial charge in [0.2, 0.25) is 0 Å². The quantitative estimate of drug-likeness (QED) is 0.922. The summed E-state index contributed by atoms with van der Waals surface area (Å²) >= 11 is 12.3. The van der Waals surface area contributed by atoms with Gasteiger partial charge >= 0.3 is 0 Å². The molecule has 0 amide bonds. The van der Waals surface area contributed by atoms with Gasteiger partial charge in [0.25, 0.3) is 0 Å². The Hall–Kier alpha value is -1.10. The van der Waals surface area contributed by atoms with Crippen molar-refractivity contribution in [3.63, 3.8) is 0 Å². The number of benzene rings is 1. The lowest BCUT2D eigenvalue weighted by Crippen LogP contribution is -2.21. The van der Waals surface area contributed by atoms with E-state index in [4.69, 9.17) is 23.2 Å². The molecule has 2 aromatic rings. The van der Waals surface area contributed by atoms with Crippen molar-refractivity contribution in [1.29, 1.82) is 0 Å². The minimum absolute atomic E-state index is 0.420. The summed E-state index contributed by atoms with van der Waals surface area (Å²) in [5, 5.41) is 12.8. The molecule has 1 aromatic heterocycles. The highest BCUT2D eigenvalue weighted by molar-refractivity contribution is 6.35. The monoisotopic (exact) mass is 298 g/mol. The smallest absolute Gasteiger partial charge is 0.0965 e. The number of aromatic nitrogens is 3. The first kappa shape index (κ1) is 14.3. The molecule has 102 valence electrons. The molecule has 0 spiro atoms. The van der Waals surface area contributed by atoms with Crippen molar-refractivity contribution in [3.8, 4) is 0 Å². The van der Waals surface area contributed by atoms with E-state index in [2.05, 4.69) is 29.5 Å².